The maximum Gasteiger partial charge on any atom is 0.222 e. The first-order valence-electron chi connectivity index (χ1n) is 7.66. The van der Waals surface area contributed by atoms with Gasteiger partial charge in [0.15, 0.2) is 0 Å². The summed E-state index contributed by atoms with van der Waals surface area (Å²) in [5, 5.41) is 0.718. The number of benzene rings is 1. The summed E-state index contributed by atoms with van der Waals surface area (Å²) in [6, 6.07) is 9.83. The lowest BCUT2D eigenvalue weighted by Gasteiger charge is -2.17. The van der Waals surface area contributed by atoms with Gasteiger partial charge >= 0.3 is 0 Å². The van der Waals surface area contributed by atoms with Gasteiger partial charge < -0.3 is 10.6 Å². The average Bonchev–Trinajstić information content (AvgIpc) is 3.22. The second-order valence-corrected chi connectivity index (χ2v) is 7.35. The fourth-order valence-electron chi connectivity index (χ4n) is 3.01. The van der Waals surface area contributed by atoms with Gasteiger partial charge in [0.25, 0.3) is 0 Å². The van der Waals surface area contributed by atoms with Crippen LogP contribution in [0.5, 0.6) is 0 Å². The Bertz CT molecular complexity index is 909. The number of primary amides is 1. The Balaban J connectivity index is 1.73. The minimum atomic E-state index is -0.240. The van der Waals surface area contributed by atoms with Crippen LogP contribution < -0.4 is 10.6 Å². The second-order valence-electron chi connectivity index (χ2n) is 5.86. The van der Waals surface area contributed by atoms with Crippen molar-refractivity contribution in [3.8, 4) is 10.4 Å². The zero-order valence-electron chi connectivity index (χ0n) is 12.8. The van der Waals surface area contributed by atoms with E-state index in [1.54, 1.807) is 17.7 Å². The van der Waals surface area contributed by atoms with E-state index in [1.165, 1.54) is 0 Å². The number of rotatable bonds is 3. The first-order chi connectivity index (χ1) is 11.6. The molecule has 0 aliphatic carbocycles. The van der Waals surface area contributed by atoms with Crippen LogP contribution in [-0.4, -0.2) is 29.0 Å². The van der Waals surface area contributed by atoms with Crippen molar-refractivity contribution in [3.05, 3.63) is 41.7 Å². The Hall–Kier alpha value is -2.18. The van der Waals surface area contributed by atoms with Crippen LogP contribution in [-0.2, 0) is 4.79 Å². The molecule has 1 aromatic carbocycles. The van der Waals surface area contributed by atoms with Crippen LogP contribution in [0.15, 0.2) is 36.7 Å². The van der Waals surface area contributed by atoms with Crippen molar-refractivity contribution in [3.63, 3.8) is 0 Å². The van der Waals surface area contributed by atoms with Gasteiger partial charge in [0, 0.05) is 23.0 Å². The quantitative estimate of drug-likeness (QED) is 0.779. The zero-order chi connectivity index (χ0) is 16.7. The molecule has 1 fully saturated rings. The van der Waals surface area contributed by atoms with Gasteiger partial charge in [0.2, 0.25) is 5.91 Å². The molecule has 0 bridgehead atoms. The van der Waals surface area contributed by atoms with Crippen LogP contribution >= 0.6 is 22.9 Å². The number of nitrogens with zero attached hydrogens (tertiary/aromatic N) is 3. The largest absolute Gasteiger partial charge is 0.369 e. The minimum Gasteiger partial charge on any atom is -0.369 e. The number of fused-ring (bicyclic) bond motifs is 1. The molecule has 2 N–H and O–H groups in total. The molecule has 7 heteroatoms. The third kappa shape index (κ3) is 2.72. The number of hydrogen-bond acceptors (Lipinski definition) is 5. The van der Waals surface area contributed by atoms with E-state index in [2.05, 4.69) is 20.9 Å². The number of thiophene rings is 1. The molecule has 1 aliphatic heterocycles. The highest BCUT2D eigenvalue weighted by Gasteiger charge is 2.28. The van der Waals surface area contributed by atoms with Crippen molar-refractivity contribution in [2.75, 3.05) is 18.0 Å². The van der Waals surface area contributed by atoms with E-state index in [4.69, 9.17) is 17.3 Å². The summed E-state index contributed by atoms with van der Waals surface area (Å²) in [7, 11) is 0. The molecule has 0 saturated carbocycles. The summed E-state index contributed by atoms with van der Waals surface area (Å²) in [4.78, 5) is 23.5. The van der Waals surface area contributed by atoms with Crippen LogP contribution in [0.25, 0.3) is 20.7 Å². The van der Waals surface area contributed by atoms with Gasteiger partial charge in [-0.3, -0.25) is 4.79 Å². The number of amides is 1. The summed E-state index contributed by atoms with van der Waals surface area (Å²) in [6.45, 7) is 1.41. The summed E-state index contributed by atoms with van der Waals surface area (Å²) >= 11 is 7.62. The first-order valence-corrected chi connectivity index (χ1v) is 8.86. The molecule has 0 radical (unpaired) electrons. The average molecular weight is 359 g/mol. The first kappa shape index (κ1) is 15.4. The molecule has 1 amide bonds. The molecule has 24 heavy (non-hydrogen) atoms. The number of hydrogen-bond donors (Lipinski definition) is 1. The highest BCUT2D eigenvalue weighted by Crippen LogP contribution is 2.38. The summed E-state index contributed by atoms with van der Waals surface area (Å²) in [6.07, 6.45) is 2.35. The lowest BCUT2D eigenvalue weighted by atomic mass is 10.1. The van der Waals surface area contributed by atoms with Crippen molar-refractivity contribution in [1.29, 1.82) is 0 Å². The van der Waals surface area contributed by atoms with Crippen molar-refractivity contribution in [1.82, 2.24) is 9.97 Å². The van der Waals surface area contributed by atoms with E-state index >= 15 is 0 Å². The monoisotopic (exact) mass is 358 g/mol. The molecule has 3 aromatic rings. The fourth-order valence-corrected chi connectivity index (χ4v) is 4.27. The number of nitrogens with two attached hydrogens (primary N) is 1. The highest BCUT2D eigenvalue weighted by molar-refractivity contribution is 7.22. The van der Waals surface area contributed by atoms with Gasteiger partial charge in [-0.2, -0.15) is 0 Å². The number of aromatic nitrogens is 2. The smallest absolute Gasteiger partial charge is 0.222 e. The zero-order valence-corrected chi connectivity index (χ0v) is 14.3. The number of halogens is 1. The molecule has 4 rings (SSSR count). The molecule has 3 heterocycles. The lowest BCUT2D eigenvalue weighted by molar-refractivity contribution is -0.121. The normalized spacial score (nSPS) is 17.5. The Labute approximate surface area is 148 Å². The van der Waals surface area contributed by atoms with E-state index < -0.39 is 0 Å². The van der Waals surface area contributed by atoms with Gasteiger partial charge in [-0.05, 0) is 30.2 Å². The number of carbonyl (C=O) groups is 1. The fraction of sp³-hybridized carbons (Fsp3) is 0.235. The molecule has 1 saturated heterocycles. The second kappa shape index (κ2) is 6.03. The summed E-state index contributed by atoms with van der Waals surface area (Å²) < 4.78 is 1.03. The third-order valence-electron chi connectivity index (χ3n) is 4.31. The molecule has 2 aromatic heterocycles. The Morgan fingerprint density at radius 1 is 1.29 bits per heavy atom. The van der Waals surface area contributed by atoms with E-state index in [1.807, 2.05) is 24.3 Å². The molecule has 1 aliphatic rings. The molecule has 5 nitrogen and oxygen atoms in total. The standard InChI is InChI=1S/C17H15ClN4OS/c18-12-3-1-10(2-4-12)14-7-13-15(24-14)17(21-9-20-13)22-6-5-11(8-22)16(19)23/h1-4,7,9,11H,5-6,8H2,(H2,19,23). The van der Waals surface area contributed by atoms with Crippen LogP contribution in [0.2, 0.25) is 5.02 Å². The maximum atomic E-state index is 11.4. The summed E-state index contributed by atoms with van der Waals surface area (Å²) in [5.74, 6) is 0.538. The lowest BCUT2D eigenvalue weighted by Crippen LogP contribution is -2.27. The Morgan fingerprint density at radius 3 is 2.79 bits per heavy atom. The minimum absolute atomic E-state index is 0.106. The van der Waals surface area contributed by atoms with Gasteiger partial charge in [-0.25, -0.2) is 9.97 Å². The van der Waals surface area contributed by atoms with Crippen molar-refractivity contribution in [2.24, 2.45) is 11.7 Å². The maximum absolute atomic E-state index is 11.4. The molecular formula is C17H15ClN4OS. The van der Waals surface area contributed by atoms with Crippen LogP contribution in [0.4, 0.5) is 5.82 Å². The van der Waals surface area contributed by atoms with Crippen molar-refractivity contribution >= 4 is 44.9 Å². The molecular weight excluding hydrogens is 344 g/mol. The van der Waals surface area contributed by atoms with Gasteiger partial charge in [-0.15, -0.1) is 11.3 Å². The SMILES string of the molecule is NC(=O)C1CCN(c2ncnc3cc(-c4ccc(Cl)cc4)sc23)C1. The van der Waals surface area contributed by atoms with E-state index in [0.29, 0.717) is 6.54 Å². The van der Waals surface area contributed by atoms with Gasteiger partial charge in [0.05, 0.1) is 16.1 Å². The van der Waals surface area contributed by atoms with Gasteiger partial charge in [0.1, 0.15) is 12.1 Å². The van der Waals surface area contributed by atoms with Crippen molar-refractivity contribution < 1.29 is 4.79 Å². The van der Waals surface area contributed by atoms with Gasteiger partial charge in [-0.1, -0.05) is 23.7 Å². The Morgan fingerprint density at radius 2 is 2.08 bits per heavy atom. The topological polar surface area (TPSA) is 72.1 Å². The van der Waals surface area contributed by atoms with E-state index in [0.717, 1.165) is 44.5 Å². The molecule has 1 atom stereocenters. The predicted molar refractivity (Wildman–Crippen MR) is 97.4 cm³/mol. The predicted octanol–water partition coefficient (Wildman–Crippen LogP) is 3.32. The van der Waals surface area contributed by atoms with Crippen molar-refractivity contribution in [2.45, 2.75) is 6.42 Å². The van der Waals surface area contributed by atoms with E-state index in [9.17, 15) is 4.79 Å². The van der Waals surface area contributed by atoms with Crippen LogP contribution in [0.1, 0.15) is 6.42 Å². The summed E-state index contributed by atoms with van der Waals surface area (Å²) in [5.41, 5.74) is 7.45. The van der Waals surface area contributed by atoms with Crippen LogP contribution in [0, 0.1) is 5.92 Å². The van der Waals surface area contributed by atoms with Crippen LogP contribution in [0.3, 0.4) is 0 Å². The number of carbonyl (C=O) groups excluding carboxylic acids is 1. The molecule has 1 unspecified atom stereocenters. The molecule has 0 spiro atoms. The third-order valence-corrected chi connectivity index (χ3v) is 5.73. The Kier molecular flexibility index (Phi) is 3.86. The highest BCUT2D eigenvalue weighted by atomic mass is 35.5. The van der Waals surface area contributed by atoms with E-state index in [-0.39, 0.29) is 11.8 Å². The molecule has 122 valence electrons. The number of anilines is 1.